The highest BCUT2D eigenvalue weighted by molar-refractivity contribution is 5.97. The van der Waals surface area contributed by atoms with E-state index in [1.165, 1.54) is 24.3 Å². The predicted molar refractivity (Wildman–Crippen MR) is 92.2 cm³/mol. The summed E-state index contributed by atoms with van der Waals surface area (Å²) in [6.45, 7) is 6.11. The summed E-state index contributed by atoms with van der Waals surface area (Å²) < 4.78 is 45.8. The molecule has 0 aliphatic rings. The molecule has 1 atom stereocenters. The lowest BCUT2D eigenvalue weighted by Crippen LogP contribution is -2.17. The Hall–Kier alpha value is -2.50. The highest BCUT2D eigenvalue weighted by Crippen LogP contribution is 2.24. The molecule has 1 unspecified atom stereocenters. The van der Waals surface area contributed by atoms with Crippen molar-refractivity contribution in [3.05, 3.63) is 59.7 Å². The molecule has 0 N–H and O–H groups in total. The first kappa shape index (κ1) is 19.8. The molecule has 0 saturated heterocycles. The van der Waals surface area contributed by atoms with Gasteiger partial charge in [0.05, 0.1) is 0 Å². The summed E-state index contributed by atoms with van der Waals surface area (Å²) in [6, 6.07) is 12.3. The van der Waals surface area contributed by atoms with Crippen LogP contribution < -0.4 is 9.47 Å². The number of hydrogen-bond donors (Lipinski definition) is 0. The molecular formula is C20H21F3O3. The van der Waals surface area contributed by atoms with Crippen molar-refractivity contribution in [2.24, 2.45) is 11.8 Å². The number of carbonyl (C=O) groups is 1. The summed E-state index contributed by atoms with van der Waals surface area (Å²) in [5, 5.41) is 0. The second kappa shape index (κ2) is 8.25. The molecule has 26 heavy (non-hydrogen) atoms. The lowest BCUT2D eigenvalue weighted by atomic mass is 9.90. The highest BCUT2D eigenvalue weighted by atomic mass is 19.4. The monoisotopic (exact) mass is 366 g/mol. The van der Waals surface area contributed by atoms with E-state index in [1.54, 1.807) is 24.3 Å². The third kappa shape index (κ3) is 5.79. The van der Waals surface area contributed by atoms with E-state index in [0.717, 1.165) is 0 Å². The molecule has 2 aromatic carbocycles. The van der Waals surface area contributed by atoms with Crippen molar-refractivity contribution in [3.63, 3.8) is 0 Å². The van der Waals surface area contributed by atoms with Gasteiger partial charge < -0.3 is 9.47 Å². The maximum Gasteiger partial charge on any atom is 0.573 e. The maximum absolute atomic E-state index is 12.3. The van der Waals surface area contributed by atoms with Gasteiger partial charge in [0, 0.05) is 11.5 Å². The Morgan fingerprint density at radius 1 is 0.923 bits per heavy atom. The number of Topliss-reactive ketones (excluding diaryl/α,β-unsaturated/α-hetero) is 1. The Balaban J connectivity index is 1.93. The highest BCUT2D eigenvalue weighted by Gasteiger charge is 2.30. The van der Waals surface area contributed by atoms with E-state index in [9.17, 15) is 18.0 Å². The van der Waals surface area contributed by atoms with Crippen LogP contribution in [0.15, 0.2) is 48.5 Å². The van der Waals surface area contributed by atoms with Crippen molar-refractivity contribution in [3.8, 4) is 11.5 Å². The average molecular weight is 366 g/mol. The molecule has 0 heterocycles. The summed E-state index contributed by atoms with van der Waals surface area (Å²) in [4.78, 5) is 12.3. The Morgan fingerprint density at radius 2 is 1.46 bits per heavy atom. The zero-order valence-electron chi connectivity index (χ0n) is 14.8. The molecule has 0 aliphatic carbocycles. The van der Waals surface area contributed by atoms with Gasteiger partial charge in [0.15, 0.2) is 5.78 Å². The first-order valence-corrected chi connectivity index (χ1v) is 8.27. The SMILES string of the molecule is CC(C)C(C)C(=O)c1ccc(OCc2ccc(OC(F)(F)F)cc2)cc1. The zero-order valence-corrected chi connectivity index (χ0v) is 14.8. The number of rotatable bonds is 7. The van der Waals surface area contributed by atoms with Gasteiger partial charge in [0.25, 0.3) is 0 Å². The molecule has 6 heteroatoms. The fourth-order valence-corrected chi connectivity index (χ4v) is 2.24. The molecule has 140 valence electrons. The van der Waals surface area contributed by atoms with Gasteiger partial charge in [-0.3, -0.25) is 4.79 Å². The van der Waals surface area contributed by atoms with Crippen molar-refractivity contribution in [1.82, 2.24) is 0 Å². The van der Waals surface area contributed by atoms with Crippen LogP contribution in [0.3, 0.4) is 0 Å². The fourth-order valence-electron chi connectivity index (χ4n) is 2.24. The van der Waals surface area contributed by atoms with Gasteiger partial charge >= 0.3 is 6.36 Å². The molecule has 0 radical (unpaired) electrons. The van der Waals surface area contributed by atoms with Gasteiger partial charge in [-0.2, -0.15) is 0 Å². The van der Waals surface area contributed by atoms with Crippen molar-refractivity contribution in [2.75, 3.05) is 0 Å². The van der Waals surface area contributed by atoms with E-state index >= 15 is 0 Å². The van der Waals surface area contributed by atoms with Gasteiger partial charge in [-0.1, -0.05) is 32.9 Å². The van der Waals surface area contributed by atoms with Crippen LogP contribution in [0.5, 0.6) is 11.5 Å². The van der Waals surface area contributed by atoms with E-state index in [2.05, 4.69) is 4.74 Å². The molecule has 0 spiro atoms. The smallest absolute Gasteiger partial charge is 0.489 e. The van der Waals surface area contributed by atoms with Gasteiger partial charge in [0.2, 0.25) is 0 Å². The summed E-state index contributed by atoms with van der Waals surface area (Å²) in [7, 11) is 0. The van der Waals surface area contributed by atoms with Crippen molar-refractivity contribution in [1.29, 1.82) is 0 Å². The van der Waals surface area contributed by atoms with Crippen LogP contribution in [0.4, 0.5) is 13.2 Å². The van der Waals surface area contributed by atoms with Crippen LogP contribution in [0.25, 0.3) is 0 Å². The molecule has 2 rings (SSSR count). The number of alkyl halides is 3. The molecule has 0 aliphatic heterocycles. The first-order chi connectivity index (χ1) is 12.2. The van der Waals surface area contributed by atoms with Gasteiger partial charge in [-0.05, 0) is 47.9 Å². The zero-order chi connectivity index (χ0) is 19.3. The van der Waals surface area contributed by atoms with Gasteiger partial charge in [-0.25, -0.2) is 0 Å². The summed E-state index contributed by atoms with van der Waals surface area (Å²) in [5.41, 5.74) is 1.33. The molecule has 2 aromatic rings. The second-order valence-electron chi connectivity index (χ2n) is 6.40. The van der Waals surface area contributed by atoms with Crippen LogP contribution >= 0.6 is 0 Å². The van der Waals surface area contributed by atoms with Crippen LogP contribution in [-0.4, -0.2) is 12.1 Å². The van der Waals surface area contributed by atoms with E-state index in [1.807, 2.05) is 20.8 Å². The largest absolute Gasteiger partial charge is 0.573 e. The van der Waals surface area contributed by atoms with Gasteiger partial charge in [0.1, 0.15) is 18.1 Å². The minimum atomic E-state index is -4.70. The average Bonchev–Trinajstić information content (AvgIpc) is 2.59. The lowest BCUT2D eigenvalue weighted by Gasteiger charge is -2.14. The number of halogens is 3. The summed E-state index contributed by atoms with van der Waals surface area (Å²) in [5.74, 6) is 0.603. The normalized spacial score (nSPS) is 12.7. The van der Waals surface area contributed by atoms with Crippen molar-refractivity contribution >= 4 is 5.78 Å². The maximum atomic E-state index is 12.3. The summed E-state index contributed by atoms with van der Waals surface area (Å²) in [6.07, 6.45) is -4.70. The number of benzene rings is 2. The first-order valence-electron chi connectivity index (χ1n) is 8.27. The van der Waals surface area contributed by atoms with Gasteiger partial charge in [-0.15, -0.1) is 13.2 Å². The van der Waals surface area contributed by atoms with Crippen LogP contribution in [0.1, 0.15) is 36.7 Å². The molecule has 0 bridgehead atoms. The molecule has 0 aromatic heterocycles. The molecule has 3 nitrogen and oxygen atoms in total. The molecular weight excluding hydrogens is 345 g/mol. The van der Waals surface area contributed by atoms with Crippen LogP contribution in [0, 0.1) is 11.8 Å². The predicted octanol–water partition coefficient (Wildman–Crippen LogP) is 5.64. The van der Waals surface area contributed by atoms with Crippen molar-refractivity contribution < 1.29 is 27.4 Å². The van der Waals surface area contributed by atoms with Crippen LogP contribution in [0.2, 0.25) is 0 Å². The Labute approximate surface area is 150 Å². The fraction of sp³-hybridized carbons (Fsp3) is 0.350. The van der Waals surface area contributed by atoms with Crippen LogP contribution in [-0.2, 0) is 6.61 Å². The molecule has 0 saturated carbocycles. The van der Waals surface area contributed by atoms with Crippen molar-refractivity contribution in [2.45, 2.75) is 33.7 Å². The topological polar surface area (TPSA) is 35.5 Å². The second-order valence-corrected chi connectivity index (χ2v) is 6.40. The molecule has 0 fully saturated rings. The van der Waals surface area contributed by atoms with E-state index in [4.69, 9.17) is 4.74 Å². The lowest BCUT2D eigenvalue weighted by molar-refractivity contribution is -0.274. The van der Waals surface area contributed by atoms with E-state index in [0.29, 0.717) is 16.9 Å². The Bertz CT molecular complexity index is 719. The number of ketones is 1. The Morgan fingerprint density at radius 3 is 1.96 bits per heavy atom. The number of hydrogen-bond acceptors (Lipinski definition) is 3. The summed E-state index contributed by atoms with van der Waals surface area (Å²) >= 11 is 0. The number of carbonyl (C=O) groups excluding carboxylic acids is 1. The molecule has 0 amide bonds. The van der Waals surface area contributed by atoms with E-state index < -0.39 is 6.36 Å². The standard InChI is InChI=1S/C20H21F3O3/c1-13(2)14(3)19(24)16-6-10-17(11-7-16)25-12-15-4-8-18(9-5-15)26-20(21,22)23/h4-11,13-14H,12H2,1-3H3. The number of ether oxygens (including phenoxy) is 2. The third-order valence-corrected chi connectivity index (χ3v) is 4.11. The van der Waals surface area contributed by atoms with E-state index in [-0.39, 0.29) is 30.0 Å². The minimum Gasteiger partial charge on any atom is -0.489 e. The minimum absolute atomic E-state index is 0.0563. The quantitative estimate of drug-likeness (QED) is 0.595. The Kier molecular flexibility index (Phi) is 6.29. The third-order valence-electron chi connectivity index (χ3n) is 4.11.